The van der Waals surface area contributed by atoms with Crippen molar-refractivity contribution in [2.75, 3.05) is 0 Å². The first-order valence-corrected chi connectivity index (χ1v) is 5.92. The van der Waals surface area contributed by atoms with Crippen LogP contribution in [-0.2, 0) is 0 Å². The van der Waals surface area contributed by atoms with Crippen molar-refractivity contribution in [1.82, 2.24) is 0 Å². The largest absolute Gasteiger partial charge is 0.430 e. The zero-order valence-electron chi connectivity index (χ0n) is 10.7. The highest BCUT2D eigenvalue weighted by molar-refractivity contribution is 6.37. The van der Waals surface area contributed by atoms with Crippen LogP contribution < -0.4 is 0 Å². The van der Waals surface area contributed by atoms with Gasteiger partial charge in [-0.2, -0.15) is 0 Å². The van der Waals surface area contributed by atoms with Gasteiger partial charge in [0.15, 0.2) is 0 Å². The van der Waals surface area contributed by atoms with E-state index in [1.807, 2.05) is 0 Å². The van der Waals surface area contributed by atoms with E-state index < -0.39 is 53.2 Å². The van der Waals surface area contributed by atoms with E-state index in [2.05, 4.69) is 0 Å². The summed E-state index contributed by atoms with van der Waals surface area (Å²) in [7, 11) is 0. The minimum atomic E-state index is -1.59. The van der Waals surface area contributed by atoms with E-state index in [4.69, 9.17) is 11.6 Å². The van der Waals surface area contributed by atoms with Crippen LogP contribution >= 0.6 is 11.6 Å². The maximum absolute atomic E-state index is 11.2. The third-order valence-electron chi connectivity index (χ3n) is 2.91. The van der Waals surface area contributed by atoms with Crippen LogP contribution in [0, 0.1) is 40.5 Å². The van der Waals surface area contributed by atoms with Crippen LogP contribution in [0.15, 0.2) is 18.2 Å². The molecule has 2 aromatic rings. The molecule has 0 unspecified atom stereocenters. The molecule has 23 heavy (non-hydrogen) atoms. The Hall–Kier alpha value is -3.41. The molecule has 12 nitrogen and oxygen atoms in total. The summed E-state index contributed by atoms with van der Waals surface area (Å²) in [5, 5.41) is 43.1. The summed E-state index contributed by atoms with van der Waals surface area (Å²) in [6, 6.07) is 3.29. The molecule has 0 heterocycles. The summed E-state index contributed by atoms with van der Waals surface area (Å²) in [6.45, 7) is 0. The zero-order valence-corrected chi connectivity index (χ0v) is 11.4. The van der Waals surface area contributed by atoms with Gasteiger partial charge in [0.1, 0.15) is 0 Å². The molecule has 0 N–H and O–H groups in total. The van der Waals surface area contributed by atoms with Crippen LogP contribution in [0.25, 0.3) is 10.8 Å². The molecule has 0 aliphatic rings. The molecule has 0 fully saturated rings. The highest BCUT2D eigenvalue weighted by atomic mass is 35.5. The van der Waals surface area contributed by atoms with Gasteiger partial charge in [0, 0.05) is 0 Å². The van der Waals surface area contributed by atoms with E-state index in [0.717, 1.165) is 12.1 Å². The van der Waals surface area contributed by atoms with Crippen molar-refractivity contribution in [3.63, 3.8) is 0 Å². The second-order valence-corrected chi connectivity index (χ2v) is 4.49. The second kappa shape index (κ2) is 5.42. The lowest BCUT2D eigenvalue weighted by Gasteiger charge is -2.05. The zero-order chi connectivity index (χ0) is 17.5. The summed E-state index contributed by atoms with van der Waals surface area (Å²) < 4.78 is 0. The van der Waals surface area contributed by atoms with Crippen molar-refractivity contribution in [3.05, 3.63) is 63.7 Å². The van der Waals surface area contributed by atoms with Gasteiger partial charge in [0.2, 0.25) is 0 Å². The van der Waals surface area contributed by atoms with Crippen molar-refractivity contribution in [2.45, 2.75) is 0 Å². The van der Waals surface area contributed by atoms with Gasteiger partial charge in [-0.1, -0.05) is 17.7 Å². The lowest BCUT2D eigenvalue weighted by Crippen LogP contribution is -2.06. The maximum Gasteiger partial charge on any atom is 0.430 e. The third-order valence-corrected chi connectivity index (χ3v) is 3.22. The van der Waals surface area contributed by atoms with E-state index >= 15 is 0 Å². The standard InChI is InChI=1S/C10H3ClN4O8/c11-5-3-1-2-4-6(5)8(13(18)19)10(15(22)23)9(14(20)21)7(4)12(16)17/h1-3H. The number of rotatable bonds is 4. The Labute approximate surface area is 129 Å². The Morgan fingerprint density at radius 2 is 1.13 bits per heavy atom. The first kappa shape index (κ1) is 16.0. The Bertz CT molecular complexity index is 912. The van der Waals surface area contributed by atoms with Crippen molar-refractivity contribution < 1.29 is 19.7 Å². The smallest absolute Gasteiger partial charge is 0.258 e. The molecule has 0 spiro atoms. The number of halogens is 1. The van der Waals surface area contributed by atoms with Gasteiger partial charge in [0.05, 0.1) is 35.5 Å². The maximum atomic E-state index is 11.2. The van der Waals surface area contributed by atoms with Crippen LogP contribution in [-0.4, -0.2) is 19.7 Å². The summed E-state index contributed by atoms with van der Waals surface area (Å²) in [5.41, 5.74) is -5.66. The number of nitro groups is 4. The van der Waals surface area contributed by atoms with E-state index in [-0.39, 0.29) is 5.02 Å². The molecule has 0 aliphatic carbocycles. The minimum absolute atomic E-state index is 0.379. The van der Waals surface area contributed by atoms with Crippen LogP contribution in [0.3, 0.4) is 0 Å². The predicted octanol–water partition coefficient (Wildman–Crippen LogP) is 3.13. The van der Waals surface area contributed by atoms with E-state index in [9.17, 15) is 40.5 Å². The summed E-state index contributed by atoms with van der Waals surface area (Å²) in [4.78, 5) is 39.3. The molecule has 0 aliphatic heterocycles. The molecule has 0 atom stereocenters. The number of nitrogens with zero attached hydrogens (tertiary/aromatic N) is 4. The molecular weight excluding hydrogens is 340 g/mol. The number of benzene rings is 2. The predicted molar refractivity (Wildman–Crippen MR) is 75.6 cm³/mol. The number of hydrogen-bond acceptors (Lipinski definition) is 8. The van der Waals surface area contributed by atoms with Crippen LogP contribution in [0.2, 0.25) is 5.02 Å². The van der Waals surface area contributed by atoms with Crippen LogP contribution in [0.5, 0.6) is 0 Å². The highest BCUT2D eigenvalue weighted by Gasteiger charge is 2.47. The topological polar surface area (TPSA) is 173 Å². The average molecular weight is 343 g/mol. The number of nitro benzene ring substituents is 4. The summed E-state index contributed by atoms with van der Waals surface area (Å²) in [5.74, 6) is 0. The van der Waals surface area contributed by atoms with E-state index in [1.165, 1.54) is 6.07 Å². The SMILES string of the molecule is O=[N+]([O-])c1c([N+](=O)[O-])c([N+](=O)[O-])c2c(Cl)cccc2c1[N+](=O)[O-]. The fourth-order valence-corrected chi connectivity index (χ4v) is 2.40. The molecule has 0 aromatic heterocycles. The number of fused-ring (bicyclic) bond motifs is 1. The summed E-state index contributed by atoms with van der Waals surface area (Å²) in [6.07, 6.45) is 0. The molecule has 2 rings (SSSR count). The van der Waals surface area contributed by atoms with Gasteiger partial charge >= 0.3 is 22.7 Å². The van der Waals surface area contributed by atoms with Crippen molar-refractivity contribution in [3.8, 4) is 0 Å². The second-order valence-electron chi connectivity index (χ2n) is 4.09. The Morgan fingerprint density at radius 3 is 1.57 bits per heavy atom. The van der Waals surface area contributed by atoms with Gasteiger partial charge in [0.25, 0.3) is 0 Å². The van der Waals surface area contributed by atoms with E-state index in [1.54, 1.807) is 0 Å². The molecule has 0 saturated carbocycles. The molecule has 2 aromatic carbocycles. The molecule has 0 bridgehead atoms. The first-order valence-electron chi connectivity index (χ1n) is 5.54. The van der Waals surface area contributed by atoms with Crippen molar-refractivity contribution >= 4 is 45.1 Å². The minimum Gasteiger partial charge on any atom is -0.258 e. The van der Waals surface area contributed by atoms with Gasteiger partial charge < -0.3 is 0 Å². The molecule has 0 amide bonds. The quantitative estimate of drug-likeness (QED) is 0.601. The summed E-state index contributed by atoms with van der Waals surface area (Å²) >= 11 is 5.77. The van der Waals surface area contributed by atoms with Crippen LogP contribution in [0.4, 0.5) is 22.7 Å². The Balaban J connectivity index is 3.32. The normalized spacial score (nSPS) is 10.5. The lowest BCUT2D eigenvalue weighted by molar-refractivity contribution is -0.450. The van der Waals surface area contributed by atoms with Crippen LogP contribution in [0.1, 0.15) is 0 Å². The Morgan fingerprint density at radius 1 is 0.696 bits per heavy atom. The molecule has 13 heteroatoms. The van der Waals surface area contributed by atoms with E-state index in [0.29, 0.717) is 0 Å². The monoisotopic (exact) mass is 342 g/mol. The third kappa shape index (κ3) is 2.36. The van der Waals surface area contributed by atoms with Gasteiger partial charge in [-0.3, -0.25) is 40.5 Å². The molecule has 0 radical (unpaired) electrons. The molecule has 0 saturated heterocycles. The fourth-order valence-electron chi connectivity index (χ4n) is 2.14. The van der Waals surface area contributed by atoms with Gasteiger partial charge in [-0.15, -0.1) is 0 Å². The fraction of sp³-hybridized carbons (Fsp3) is 0. The van der Waals surface area contributed by atoms with Gasteiger partial charge in [-0.25, -0.2) is 0 Å². The lowest BCUT2D eigenvalue weighted by atomic mass is 10.0. The number of hydrogen-bond donors (Lipinski definition) is 0. The highest BCUT2D eigenvalue weighted by Crippen LogP contribution is 2.51. The van der Waals surface area contributed by atoms with Crippen molar-refractivity contribution in [2.24, 2.45) is 0 Å². The first-order chi connectivity index (χ1) is 10.7. The van der Waals surface area contributed by atoms with Crippen molar-refractivity contribution in [1.29, 1.82) is 0 Å². The average Bonchev–Trinajstić information content (AvgIpc) is 2.44. The molecular formula is C10H3ClN4O8. The van der Waals surface area contributed by atoms with Gasteiger partial charge in [-0.05, 0) is 12.1 Å². The Kier molecular flexibility index (Phi) is 3.76. The molecule has 118 valence electrons.